The van der Waals surface area contributed by atoms with Gasteiger partial charge in [-0.15, -0.1) is 5.10 Å². The smallest absolute Gasteiger partial charge is 0.267 e. The fourth-order valence-corrected chi connectivity index (χ4v) is 4.58. The van der Waals surface area contributed by atoms with E-state index >= 15 is 0 Å². The second-order valence-electron chi connectivity index (χ2n) is 6.65. The number of aromatic nitrogens is 4. The fraction of sp³-hybridized carbons (Fsp3) is 0.0500. The molecule has 1 aromatic heterocycles. The van der Waals surface area contributed by atoms with E-state index in [4.69, 9.17) is 16.3 Å². The Morgan fingerprint density at radius 1 is 1.12 bits per heavy atom. The molecule has 0 aliphatic carbocycles. The van der Waals surface area contributed by atoms with Gasteiger partial charge in [0.1, 0.15) is 28.0 Å². The van der Waals surface area contributed by atoms with Gasteiger partial charge in [0.2, 0.25) is 9.84 Å². The minimum atomic E-state index is -4.12. The number of halogens is 2. The third-order valence-corrected chi connectivity index (χ3v) is 6.47. The Morgan fingerprint density at radius 3 is 2.53 bits per heavy atom. The quantitative estimate of drug-likeness (QED) is 0.350. The number of aromatic hydroxyl groups is 1. The molecule has 0 radical (unpaired) electrons. The highest BCUT2D eigenvalue weighted by Gasteiger charge is 2.23. The van der Waals surface area contributed by atoms with E-state index in [-0.39, 0.29) is 26.5 Å². The number of benzene rings is 3. The second-order valence-corrected chi connectivity index (χ2v) is 8.98. The summed E-state index contributed by atoms with van der Waals surface area (Å²) in [6.07, 6.45) is 0. The average molecular weight is 476 g/mol. The van der Waals surface area contributed by atoms with Crippen LogP contribution in [-0.2, 0) is 9.84 Å². The normalized spacial score (nSPS) is 11.3. The van der Waals surface area contributed by atoms with Crippen molar-refractivity contribution in [2.45, 2.75) is 16.7 Å². The topological polar surface area (TPSA) is 130 Å². The van der Waals surface area contributed by atoms with Gasteiger partial charge in [-0.05, 0) is 66.2 Å². The Bertz CT molecular complexity index is 1360. The summed E-state index contributed by atoms with van der Waals surface area (Å²) in [6.45, 7) is 1.75. The van der Waals surface area contributed by atoms with Gasteiger partial charge in [-0.25, -0.2) is 12.8 Å². The number of aromatic amines is 1. The van der Waals surface area contributed by atoms with E-state index in [0.29, 0.717) is 17.0 Å². The molecule has 0 saturated heterocycles. The summed E-state index contributed by atoms with van der Waals surface area (Å²) in [6, 6.07) is 11.4. The average Bonchev–Trinajstić information content (AvgIpc) is 3.25. The van der Waals surface area contributed by atoms with E-state index in [2.05, 4.69) is 25.9 Å². The van der Waals surface area contributed by atoms with Gasteiger partial charge in [0.05, 0.1) is 9.92 Å². The van der Waals surface area contributed by atoms with Gasteiger partial charge >= 0.3 is 0 Å². The number of tetrazole rings is 1. The second kappa shape index (κ2) is 8.44. The minimum absolute atomic E-state index is 0.132. The summed E-state index contributed by atoms with van der Waals surface area (Å²) < 4.78 is 44.8. The lowest BCUT2D eigenvalue weighted by Gasteiger charge is -2.14. The molecule has 0 saturated carbocycles. The van der Waals surface area contributed by atoms with Crippen molar-refractivity contribution < 1.29 is 22.7 Å². The molecule has 1 heterocycles. The van der Waals surface area contributed by atoms with Crippen LogP contribution in [0.4, 0.5) is 16.0 Å². The van der Waals surface area contributed by atoms with Crippen LogP contribution < -0.4 is 10.1 Å². The molecular formula is C20H15ClFN5O4S. The molecular weight excluding hydrogens is 461 g/mol. The van der Waals surface area contributed by atoms with Crippen LogP contribution in [0.15, 0.2) is 64.4 Å². The molecule has 4 aromatic rings. The molecule has 0 unspecified atom stereocenters. The number of sulfone groups is 1. The molecule has 164 valence electrons. The van der Waals surface area contributed by atoms with Crippen molar-refractivity contribution in [1.82, 2.24) is 20.6 Å². The van der Waals surface area contributed by atoms with Gasteiger partial charge in [0.15, 0.2) is 0 Å². The number of phenols is 1. The molecule has 9 nitrogen and oxygen atoms in total. The Morgan fingerprint density at radius 2 is 1.88 bits per heavy atom. The van der Waals surface area contributed by atoms with Crippen molar-refractivity contribution in [1.29, 1.82) is 0 Å². The Kier molecular flexibility index (Phi) is 5.68. The van der Waals surface area contributed by atoms with Crippen molar-refractivity contribution in [2.24, 2.45) is 0 Å². The van der Waals surface area contributed by atoms with E-state index in [1.807, 2.05) is 0 Å². The van der Waals surface area contributed by atoms with Crippen LogP contribution in [0.3, 0.4) is 0 Å². The third kappa shape index (κ3) is 4.34. The number of rotatable bonds is 6. The van der Waals surface area contributed by atoms with E-state index in [9.17, 15) is 17.9 Å². The first-order valence-electron chi connectivity index (χ1n) is 9.06. The lowest BCUT2D eigenvalue weighted by molar-refractivity contribution is 0.448. The number of hydrogen-bond acceptors (Lipinski definition) is 8. The molecule has 0 amide bonds. The zero-order valence-electron chi connectivity index (χ0n) is 16.4. The minimum Gasteiger partial charge on any atom is -0.507 e. The first kappa shape index (κ1) is 21.5. The van der Waals surface area contributed by atoms with Crippen molar-refractivity contribution in [3.05, 3.63) is 71.0 Å². The van der Waals surface area contributed by atoms with E-state index in [1.165, 1.54) is 18.2 Å². The molecule has 12 heteroatoms. The zero-order valence-corrected chi connectivity index (χ0v) is 17.9. The maximum atomic E-state index is 13.2. The van der Waals surface area contributed by atoms with Crippen LogP contribution in [0.2, 0.25) is 5.02 Å². The third-order valence-electron chi connectivity index (χ3n) is 4.40. The predicted molar refractivity (Wildman–Crippen MR) is 114 cm³/mol. The van der Waals surface area contributed by atoms with E-state index in [0.717, 1.165) is 24.3 Å². The van der Waals surface area contributed by atoms with Crippen molar-refractivity contribution in [3.63, 3.8) is 0 Å². The van der Waals surface area contributed by atoms with E-state index < -0.39 is 21.4 Å². The van der Waals surface area contributed by atoms with Crippen LogP contribution in [-0.4, -0.2) is 34.1 Å². The lowest BCUT2D eigenvalue weighted by atomic mass is 10.2. The molecule has 3 N–H and O–H groups in total. The molecule has 0 bridgehead atoms. The van der Waals surface area contributed by atoms with Gasteiger partial charge in [0.25, 0.3) is 5.95 Å². The summed E-state index contributed by atoms with van der Waals surface area (Å²) in [5.41, 5.74) is 1.23. The summed E-state index contributed by atoms with van der Waals surface area (Å²) >= 11 is 6.36. The Hall–Kier alpha value is -3.70. The van der Waals surface area contributed by atoms with Crippen molar-refractivity contribution >= 4 is 33.1 Å². The zero-order chi connectivity index (χ0) is 22.9. The van der Waals surface area contributed by atoms with Crippen LogP contribution in [0, 0.1) is 12.7 Å². The Balaban J connectivity index is 1.65. The van der Waals surface area contributed by atoms with Gasteiger partial charge in [-0.1, -0.05) is 16.7 Å². The van der Waals surface area contributed by atoms with Crippen molar-refractivity contribution in [2.75, 3.05) is 5.32 Å². The number of aryl methyl sites for hydroxylation is 1. The summed E-state index contributed by atoms with van der Waals surface area (Å²) in [5, 5.41) is 26.7. The molecule has 32 heavy (non-hydrogen) atoms. The molecule has 4 rings (SSSR count). The molecule has 0 spiro atoms. The van der Waals surface area contributed by atoms with Crippen molar-refractivity contribution in [3.8, 4) is 17.2 Å². The number of phenolic OH excluding ortho intramolecular Hbond substituents is 1. The molecule has 0 fully saturated rings. The van der Waals surface area contributed by atoms with Gasteiger partial charge in [-0.2, -0.15) is 5.21 Å². The van der Waals surface area contributed by atoms with Gasteiger partial charge in [0, 0.05) is 11.8 Å². The number of H-pyrrole nitrogens is 1. The Labute approximate surface area is 186 Å². The highest BCUT2D eigenvalue weighted by Crippen LogP contribution is 2.38. The number of ether oxygens (including phenoxy) is 1. The van der Waals surface area contributed by atoms with Crippen LogP contribution in [0.25, 0.3) is 0 Å². The predicted octanol–water partition coefficient (Wildman–Crippen LogP) is 4.37. The first-order chi connectivity index (χ1) is 15.2. The maximum Gasteiger partial charge on any atom is 0.267 e. The molecule has 0 aliphatic heterocycles. The number of hydrogen-bond donors (Lipinski definition) is 3. The highest BCUT2D eigenvalue weighted by atomic mass is 35.5. The summed E-state index contributed by atoms with van der Waals surface area (Å²) in [5.74, 6) is -0.367. The standard InChI is InChI=1S/C20H15ClFN5O4S/c1-11-8-13(23-20-24-26-27-25-20)9-16(21)19(11)31-14-4-7-17(28)18(10-14)32(29,30)15-5-2-12(22)3-6-15/h2-10,28H,1H3,(H2,23,24,25,26,27). The van der Waals surface area contributed by atoms with Gasteiger partial charge in [-0.3, -0.25) is 0 Å². The molecule has 0 aliphatic rings. The number of nitrogens with one attached hydrogen (secondary N) is 2. The fourth-order valence-electron chi connectivity index (χ4n) is 2.91. The lowest BCUT2D eigenvalue weighted by Crippen LogP contribution is -2.03. The highest BCUT2D eigenvalue weighted by molar-refractivity contribution is 7.91. The largest absolute Gasteiger partial charge is 0.507 e. The summed E-state index contributed by atoms with van der Waals surface area (Å²) in [4.78, 5) is -0.553. The monoisotopic (exact) mass is 475 g/mol. The molecule has 0 atom stereocenters. The van der Waals surface area contributed by atoms with Crippen LogP contribution >= 0.6 is 11.6 Å². The maximum absolute atomic E-state index is 13.2. The number of nitrogens with zero attached hydrogens (tertiary/aromatic N) is 3. The van der Waals surface area contributed by atoms with Gasteiger partial charge < -0.3 is 15.2 Å². The SMILES string of the molecule is Cc1cc(Nc2nn[nH]n2)cc(Cl)c1Oc1ccc(O)c(S(=O)(=O)c2ccc(F)cc2)c1. The van der Waals surface area contributed by atoms with E-state index in [1.54, 1.807) is 19.1 Å². The van der Waals surface area contributed by atoms with Crippen LogP contribution in [0.5, 0.6) is 17.2 Å². The first-order valence-corrected chi connectivity index (χ1v) is 10.9. The number of anilines is 2. The molecule has 3 aromatic carbocycles. The van der Waals surface area contributed by atoms with Crippen LogP contribution in [0.1, 0.15) is 5.56 Å². The summed E-state index contributed by atoms with van der Waals surface area (Å²) in [7, 11) is -4.12.